The molecule has 6 nitrogen and oxygen atoms in total. The maximum absolute atomic E-state index is 13.4. The third-order valence-electron chi connectivity index (χ3n) is 8.83. The van der Waals surface area contributed by atoms with Crippen LogP contribution in [0.15, 0.2) is 10.5 Å². The fourth-order valence-corrected chi connectivity index (χ4v) is 7.52. The highest BCUT2D eigenvalue weighted by molar-refractivity contribution is 6.07. The van der Waals surface area contributed by atoms with Gasteiger partial charge in [0.1, 0.15) is 17.3 Å². The molecule has 0 spiro atoms. The summed E-state index contributed by atoms with van der Waals surface area (Å²) >= 11 is 0. The number of nitrogens with one attached hydrogen (secondary N) is 2. The normalized spacial score (nSPS) is 29.5. The second kappa shape index (κ2) is 7.12. The van der Waals surface area contributed by atoms with Gasteiger partial charge in [0, 0.05) is 16.7 Å². The first kappa shape index (κ1) is 20.8. The average Bonchev–Trinajstić information content (AvgIpc) is 3.17. The monoisotopic (exact) mass is 448 g/mol. The van der Waals surface area contributed by atoms with Crippen molar-refractivity contribution in [1.29, 1.82) is 0 Å². The molecule has 174 valence electrons. The van der Waals surface area contributed by atoms with Gasteiger partial charge in [-0.05, 0) is 101 Å². The van der Waals surface area contributed by atoms with Gasteiger partial charge in [-0.15, -0.1) is 0 Å². The number of hydrogen-bond acceptors (Lipinski definition) is 4. The maximum atomic E-state index is 13.4. The summed E-state index contributed by atoms with van der Waals surface area (Å²) in [5.41, 5.74) is 4.75. The molecule has 2 N–H and O–H groups in total. The van der Waals surface area contributed by atoms with Gasteiger partial charge in [0.2, 0.25) is 0 Å². The molecule has 0 saturated heterocycles. The summed E-state index contributed by atoms with van der Waals surface area (Å²) in [4.78, 5) is 25.3. The number of anilines is 2. The van der Waals surface area contributed by atoms with Crippen LogP contribution in [0, 0.1) is 45.4 Å². The van der Waals surface area contributed by atoms with E-state index in [9.17, 15) is 9.59 Å². The molecule has 1 aromatic heterocycles. The lowest BCUT2D eigenvalue weighted by molar-refractivity contribution is -0.118. The third kappa shape index (κ3) is 3.13. The molecule has 7 rings (SSSR count). The molecular formula is C27H32N2O4. The van der Waals surface area contributed by atoms with Crippen LogP contribution in [0.3, 0.4) is 0 Å². The topological polar surface area (TPSA) is 80.6 Å². The number of benzene rings is 1. The predicted molar refractivity (Wildman–Crippen MR) is 126 cm³/mol. The quantitative estimate of drug-likeness (QED) is 0.644. The van der Waals surface area contributed by atoms with Gasteiger partial charge in [-0.3, -0.25) is 9.59 Å². The van der Waals surface area contributed by atoms with E-state index in [1.54, 1.807) is 0 Å². The number of carbonyl (C=O) groups excluding carboxylic acids is 2. The minimum Gasteiger partial charge on any atom is -0.481 e. The van der Waals surface area contributed by atoms with Crippen LogP contribution in [0.25, 0.3) is 0 Å². The Labute approximate surface area is 194 Å². The summed E-state index contributed by atoms with van der Waals surface area (Å²) in [5, 5.41) is 6.03. The van der Waals surface area contributed by atoms with Gasteiger partial charge in [0.15, 0.2) is 6.61 Å². The molecule has 1 aromatic carbocycles. The molecule has 0 radical (unpaired) electrons. The van der Waals surface area contributed by atoms with Crippen LogP contribution < -0.4 is 15.4 Å². The Morgan fingerprint density at radius 1 is 1.00 bits per heavy atom. The zero-order valence-corrected chi connectivity index (χ0v) is 19.9. The molecule has 2 heterocycles. The number of ether oxygens (including phenoxy) is 1. The number of fused-ring (bicyclic) bond motifs is 1. The van der Waals surface area contributed by atoms with Crippen molar-refractivity contribution in [2.45, 2.75) is 71.6 Å². The van der Waals surface area contributed by atoms with E-state index < -0.39 is 0 Å². The number of amides is 2. The fourth-order valence-electron chi connectivity index (χ4n) is 7.52. The summed E-state index contributed by atoms with van der Waals surface area (Å²) in [6, 6.07) is 2.01. The van der Waals surface area contributed by atoms with Crippen LogP contribution >= 0.6 is 0 Å². The first-order valence-corrected chi connectivity index (χ1v) is 12.2. The van der Waals surface area contributed by atoms with E-state index in [0.29, 0.717) is 22.8 Å². The number of furan rings is 1. The van der Waals surface area contributed by atoms with Crippen LogP contribution in [0.2, 0.25) is 0 Å². The second-order valence-corrected chi connectivity index (χ2v) is 11.0. The van der Waals surface area contributed by atoms with E-state index in [1.807, 2.05) is 33.8 Å². The lowest BCUT2D eigenvalue weighted by atomic mass is 9.49. The highest BCUT2D eigenvalue weighted by atomic mass is 16.5. The Balaban J connectivity index is 1.32. The van der Waals surface area contributed by atoms with Crippen LogP contribution in [0.5, 0.6) is 5.75 Å². The lowest BCUT2D eigenvalue weighted by Gasteiger charge is -2.55. The summed E-state index contributed by atoms with van der Waals surface area (Å²) in [6.45, 7) is 7.74. The van der Waals surface area contributed by atoms with Crippen LogP contribution in [0.1, 0.15) is 77.1 Å². The van der Waals surface area contributed by atoms with Gasteiger partial charge in [0.05, 0.1) is 11.3 Å². The zero-order valence-electron chi connectivity index (χ0n) is 19.9. The van der Waals surface area contributed by atoms with Crippen LogP contribution in [0.4, 0.5) is 11.4 Å². The van der Waals surface area contributed by atoms with Crippen molar-refractivity contribution in [3.8, 4) is 5.75 Å². The molecule has 2 amide bonds. The van der Waals surface area contributed by atoms with Crippen molar-refractivity contribution in [1.82, 2.24) is 0 Å². The van der Waals surface area contributed by atoms with Gasteiger partial charge in [-0.25, -0.2) is 0 Å². The van der Waals surface area contributed by atoms with Gasteiger partial charge in [0.25, 0.3) is 11.8 Å². The highest BCUT2D eigenvalue weighted by Gasteiger charge is 2.53. The largest absolute Gasteiger partial charge is 0.481 e. The Morgan fingerprint density at radius 2 is 1.64 bits per heavy atom. The second-order valence-electron chi connectivity index (χ2n) is 11.0. The molecule has 5 aliphatic rings. The zero-order chi connectivity index (χ0) is 23.1. The molecule has 0 unspecified atom stereocenters. The maximum Gasteiger partial charge on any atom is 0.262 e. The third-order valence-corrected chi connectivity index (χ3v) is 8.83. The Kier molecular flexibility index (Phi) is 4.49. The molecule has 1 aliphatic heterocycles. The first-order chi connectivity index (χ1) is 15.7. The van der Waals surface area contributed by atoms with Gasteiger partial charge < -0.3 is 19.8 Å². The number of rotatable bonds is 3. The standard InChI is InChI=1S/C27H32N2O4/c1-13-14(2)25-24(28-22(30)12-32-25)15(3)23(13)29-26(31)20-8-21(33-16(20)4)27-9-17-5-18(10-27)7-19(6-17)11-27/h8,17-19H,5-7,9-12H2,1-4H3,(H,28,30)(H,29,31). The number of carbonyl (C=O) groups is 2. The van der Waals surface area contributed by atoms with E-state index in [-0.39, 0.29) is 23.8 Å². The Hall–Kier alpha value is -2.76. The molecular weight excluding hydrogens is 416 g/mol. The van der Waals surface area contributed by atoms with Crippen LogP contribution in [-0.2, 0) is 10.2 Å². The highest BCUT2D eigenvalue weighted by Crippen LogP contribution is 2.61. The van der Waals surface area contributed by atoms with E-state index in [2.05, 4.69) is 10.6 Å². The number of aryl methyl sites for hydroxylation is 1. The van der Waals surface area contributed by atoms with Crippen molar-refractivity contribution in [2.24, 2.45) is 17.8 Å². The Bertz CT molecular complexity index is 1160. The average molecular weight is 449 g/mol. The van der Waals surface area contributed by atoms with Crippen molar-refractivity contribution in [2.75, 3.05) is 17.2 Å². The summed E-state index contributed by atoms with van der Waals surface area (Å²) in [6.07, 6.45) is 7.74. The van der Waals surface area contributed by atoms with E-state index in [4.69, 9.17) is 9.15 Å². The first-order valence-electron chi connectivity index (χ1n) is 12.2. The van der Waals surface area contributed by atoms with Crippen LogP contribution in [-0.4, -0.2) is 18.4 Å². The minimum atomic E-state index is -0.183. The van der Waals surface area contributed by atoms with Crippen molar-refractivity contribution in [3.05, 3.63) is 39.8 Å². The fraction of sp³-hybridized carbons (Fsp3) is 0.556. The smallest absolute Gasteiger partial charge is 0.262 e. The number of hydrogen-bond donors (Lipinski definition) is 2. The van der Waals surface area contributed by atoms with Gasteiger partial charge in [-0.2, -0.15) is 0 Å². The molecule has 2 aromatic rings. The van der Waals surface area contributed by atoms with E-state index in [1.165, 1.54) is 38.5 Å². The molecule has 4 fully saturated rings. The van der Waals surface area contributed by atoms with Crippen molar-refractivity contribution in [3.63, 3.8) is 0 Å². The van der Waals surface area contributed by atoms with Crippen molar-refractivity contribution >= 4 is 23.2 Å². The summed E-state index contributed by atoms with van der Waals surface area (Å²) < 4.78 is 12.0. The summed E-state index contributed by atoms with van der Waals surface area (Å²) in [5.74, 6) is 4.49. The molecule has 4 aliphatic carbocycles. The minimum absolute atomic E-state index is 0.0136. The lowest BCUT2D eigenvalue weighted by Crippen LogP contribution is -2.48. The molecule has 4 saturated carbocycles. The van der Waals surface area contributed by atoms with E-state index in [0.717, 1.165) is 45.9 Å². The summed E-state index contributed by atoms with van der Waals surface area (Å²) in [7, 11) is 0. The van der Waals surface area contributed by atoms with Gasteiger partial charge in [-0.1, -0.05) is 0 Å². The predicted octanol–water partition coefficient (Wildman–Crippen LogP) is 5.56. The van der Waals surface area contributed by atoms with Gasteiger partial charge >= 0.3 is 0 Å². The Morgan fingerprint density at radius 3 is 2.27 bits per heavy atom. The SMILES string of the molecule is Cc1oc(C23CC4CC(CC(C4)C2)C3)cc1C(=O)Nc1c(C)c(C)c2c(c1C)NC(=O)CO2. The molecule has 4 bridgehead atoms. The molecule has 33 heavy (non-hydrogen) atoms. The molecule has 0 atom stereocenters. The van der Waals surface area contributed by atoms with E-state index >= 15 is 0 Å². The van der Waals surface area contributed by atoms with Crippen molar-refractivity contribution < 1.29 is 18.7 Å². The molecule has 6 heteroatoms.